The van der Waals surface area contributed by atoms with E-state index >= 15 is 0 Å². The SMILES string of the molecule is O=C(O)[C@@H]1CNC[C@H]1c1ccc(F)c(Br)c1. The van der Waals surface area contributed by atoms with Crippen molar-refractivity contribution < 1.29 is 14.3 Å². The first-order chi connectivity index (χ1) is 7.59. The van der Waals surface area contributed by atoms with Crippen LogP contribution < -0.4 is 5.32 Å². The highest BCUT2D eigenvalue weighted by atomic mass is 79.9. The molecule has 0 unspecified atom stereocenters. The van der Waals surface area contributed by atoms with Gasteiger partial charge < -0.3 is 10.4 Å². The number of benzene rings is 1. The third-order valence-corrected chi connectivity index (χ3v) is 3.51. The van der Waals surface area contributed by atoms with Crippen molar-refractivity contribution in [3.8, 4) is 0 Å². The molecule has 0 aromatic heterocycles. The first-order valence-electron chi connectivity index (χ1n) is 4.98. The van der Waals surface area contributed by atoms with Gasteiger partial charge in [-0.15, -0.1) is 0 Å². The summed E-state index contributed by atoms with van der Waals surface area (Å²) >= 11 is 3.11. The van der Waals surface area contributed by atoms with Crippen LogP contribution in [-0.4, -0.2) is 24.2 Å². The monoisotopic (exact) mass is 287 g/mol. The largest absolute Gasteiger partial charge is 0.481 e. The molecule has 0 amide bonds. The summed E-state index contributed by atoms with van der Waals surface area (Å²) in [6, 6.07) is 4.66. The van der Waals surface area contributed by atoms with Crippen LogP contribution in [0, 0.1) is 11.7 Å². The van der Waals surface area contributed by atoms with Crippen LogP contribution in [0.4, 0.5) is 4.39 Å². The van der Waals surface area contributed by atoms with Crippen LogP contribution in [0.3, 0.4) is 0 Å². The van der Waals surface area contributed by atoms with E-state index in [-0.39, 0.29) is 11.7 Å². The van der Waals surface area contributed by atoms with Crippen LogP contribution in [0.1, 0.15) is 11.5 Å². The van der Waals surface area contributed by atoms with Gasteiger partial charge in [-0.3, -0.25) is 4.79 Å². The van der Waals surface area contributed by atoms with Gasteiger partial charge in [0.2, 0.25) is 0 Å². The first-order valence-corrected chi connectivity index (χ1v) is 5.77. The summed E-state index contributed by atoms with van der Waals surface area (Å²) in [6.45, 7) is 1.09. The molecular weight excluding hydrogens is 277 g/mol. The summed E-state index contributed by atoms with van der Waals surface area (Å²) in [4.78, 5) is 11.0. The maximum Gasteiger partial charge on any atom is 0.308 e. The molecular formula is C11H11BrFNO2. The fourth-order valence-corrected chi connectivity index (χ4v) is 2.43. The van der Waals surface area contributed by atoms with Gasteiger partial charge in [-0.05, 0) is 33.6 Å². The van der Waals surface area contributed by atoms with E-state index < -0.39 is 11.9 Å². The molecule has 2 N–H and O–H groups in total. The van der Waals surface area contributed by atoms with Crippen LogP contribution in [0.15, 0.2) is 22.7 Å². The molecule has 1 fully saturated rings. The third kappa shape index (κ3) is 2.10. The van der Waals surface area contributed by atoms with Gasteiger partial charge in [-0.1, -0.05) is 6.07 Å². The number of aliphatic carboxylic acids is 1. The lowest BCUT2D eigenvalue weighted by Crippen LogP contribution is -2.21. The number of hydrogen-bond donors (Lipinski definition) is 2. The van der Waals surface area contributed by atoms with E-state index in [0.717, 1.165) is 5.56 Å². The highest BCUT2D eigenvalue weighted by Gasteiger charge is 2.33. The standard InChI is InChI=1S/C11H11BrFNO2/c12-9-3-6(1-2-10(9)13)7-4-14-5-8(7)11(15)16/h1-3,7-8,14H,4-5H2,(H,15,16)/t7-,8+/m0/s1. The van der Waals surface area contributed by atoms with Gasteiger partial charge in [0.1, 0.15) is 5.82 Å². The lowest BCUT2D eigenvalue weighted by Gasteiger charge is -2.15. The second kappa shape index (κ2) is 4.51. The average Bonchev–Trinajstić information content (AvgIpc) is 2.71. The van der Waals surface area contributed by atoms with Crippen LogP contribution in [0.25, 0.3) is 0 Å². The molecule has 1 saturated heterocycles. The number of carboxylic acids is 1. The van der Waals surface area contributed by atoms with Gasteiger partial charge in [0, 0.05) is 19.0 Å². The maximum atomic E-state index is 13.1. The van der Waals surface area contributed by atoms with Gasteiger partial charge >= 0.3 is 5.97 Å². The Morgan fingerprint density at radius 1 is 1.50 bits per heavy atom. The van der Waals surface area contributed by atoms with Crippen LogP contribution in [0.5, 0.6) is 0 Å². The van der Waals surface area contributed by atoms with E-state index in [2.05, 4.69) is 21.2 Å². The van der Waals surface area contributed by atoms with Crippen LogP contribution >= 0.6 is 15.9 Å². The summed E-state index contributed by atoms with van der Waals surface area (Å²) in [5, 5.41) is 12.1. The van der Waals surface area contributed by atoms with E-state index in [9.17, 15) is 9.18 Å². The summed E-state index contributed by atoms with van der Waals surface area (Å²) < 4.78 is 13.4. The van der Waals surface area contributed by atoms with Gasteiger partial charge in [-0.25, -0.2) is 4.39 Å². The lowest BCUT2D eigenvalue weighted by molar-refractivity contribution is -0.141. The van der Waals surface area contributed by atoms with E-state index in [1.807, 2.05) is 0 Å². The second-order valence-corrected chi connectivity index (χ2v) is 4.74. The zero-order valence-corrected chi connectivity index (χ0v) is 10.00. The summed E-state index contributed by atoms with van der Waals surface area (Å²) in [5.74, 6) is -1.66. The number of nitrogens with one attached hydrogen (secondary N) is 1. The number of carbonyl (C=O) groups is 1. The molecule has 0 spiro atoms. The van der Waals surface area contributed by atoms with Gasteiger partial charge in [0.25, 0.3) is 0 Å². The van der Waals surface area contributed by atoms with Crippen molar-refractivity contribution in [3.05, 3.63) is 34.1 Å². The van der Waals surface area contributed by atoms with E-state index in [0.29, 0.717) is 17.6 Å². The zero-order chi connectivity index (χ0) is 11.7. The van der Waals surface area contributed by atoms with Crippen molar-refractivity contribution in [2.45, 2.75) is 5.92 Å². The molecule has 1 aliphatic rings. The topological polar surface area (TPSA) is 49.3 Å². The molecule has 5 heteroatoms. The summed E-state index contributed by atoms with van der Waals surface area (Å²) in [6.07, 6.45) is 0. The third-order valence-electron chi connectivity index (χ3n) is 2.90. The highest BCUT2D eigenvalue weighted by Crippen LogP contribution is 2.30. The highest BCUT2D eigenvalue weighted by molar-refractivity contribution is 9.10. The van der Waals surface area contributed by atoms with Crippen molar-refractivity contribution in [3.63, 3.8) is 0 Å². The Morgan fingerprint density at radius 3 is 2.88 bits per heavy atom. The number of halogens is 2. The predicted octanol–water partition coefficient (Wildman–Crippen LogP) is 1.98. The molecule has 1 aliphatic heterocycles. The molecule has 2 rings (SSSR count). The Hall–Kier alpha value is -0.940. The molecule has 16 heavy (non-hydrogen) atoms. The fourth-order valence-electron chi connectivity index (χ4n) is 2.03. The molecule has 1 aromatic rings. The molecule has 0 saturated carbocycles. The van der Waals surface area contributed by atoms with Crippen molar-refractivity contribution in [2.75, 3.05) is 13.1 Å². The second-order valence-electron chi connectivity index (χ2n) is 3.88. The van der Waals surface area contributed by atoms with Crippen LogP contribution in [-0.2, 0) is 4.79 Å². The van der Waals surface area contributed by atoms with Gasteiger partial charge in [0.15, 0.2) is 0 Å². The quantitative estimate of drug-likeness (QED) is 0.875. The molecule has 1 heterocycles. The molecule has 0 bridgehead atoms. The lowest BCUT2D eigenvalue weighted by atomic mass is 9.89. The van der Waals surface area contributed by atoms with Crippen LogP contribution in [0.2, 0.25) is 0 Å². The smallest absolute Gasteiger partial charge is 0.308 e. The van der Waals surface area contributed by atoms with Gasteiger partial charge in [0.05, 0.1) is 10.4 Å². The van der Waals surface area contributed by atoms with Crippen molar-refractivity contribution in [2.24, 2.45) is 5.92 Å². The first kappa shape index (κ1) is 11.5. The van der Waals surface area contributed by atoms with E-state index in [4.69, 9.17) is 5.11 Å². The molecule has 0 radical (unpaired) electrons. The van der Waals surface area contributed by atoms with Gasteiger partial charge in [-0.2, -0.15) is 0 Å². The minimum Gasteiger partial charge on any atom is -0.481 e. The molecule has 3 nitrogen and oxygen atoms in total. The fraction of sp³-hybridized carbons (Fsp3) is 0.364. The summed E-state index contributed by atoms with van der Waals surface area (Å²) in [7, 11) is 0. The Morgan fingerprint density at radius 2 is 2.25 bits per heavy atom. The Bertz CT molecular complexity index is 424. The van der Waals surface area contributed by atoms with Crippen molar-refractivity contribution in [1.29, 1.82) is 0 Å². The number of hydrogen-bond acceptors (Lipinski definition) is 2. The van der Waals surface area contributed by atoms with Crippen molar-refractivity contribution in [1.82, 2.24) is 5.32 Å². The summed E-state index contributed by atoms with van der Waals surface area (Å²) in [5.41, 5.74) is 0.852. The van der Waals surface area contributed by atoms with E-state index in [1.54, 1.807) is 12.1 Å². The van der Waals surface area contributed by atoms with E-state index in [1.165, 1.54) is 6.07 Å². The molecule has 86 valence electrons. The van der Waals surface area contributed by atoms with Crippen molar-refractivity contribution >= 4 is 21.9 Å². The Balaban J connectivity index is 2.29. The Kier molecular flexibility index (Phi) is 3.25. The predicted molar refractivity (Wildman–Crippen MR) is 60.8 cm³/mol. The number of carboxylic acid groups (broad SMARTS) is 1. The molecule has 0 aliphatic carbocycles. The molecule has 1 aromatic carbocycles. The maximum absolute atomic E-state index is 13.1. The normalized spacial score (nSPS) is 24.6. The average molecular weight is 288 g/mol. The Labute approximate surface area is 101 Å². The minimum atomic E-state index is -0.810. The number of rotatable bonds is 2. The minimum absolute atomic E-state index is 0.0885. The zero-order valence-electron chi connectivity index (χ0n) is 8.41. The molecule has 2 atom stereocenters.